The van der Waals surface area contributed by atoms with Gasteiger partial charge in [0.1, 0.15) is 0 Å². The third kappa shape index (κ3) is 4.44. The summed E-state index contributed by atoms with van der Waals surface area (Å²) in [6.45, 7) is 4.02. The van der Waals surface area contributed by atoms with Crippen LogP contribution in [0, 0.1) is 5.92 Å². The summed E-state index contributed by atoms with van der Waals surface area (Å²) < 4.78 is 14.4. The van der Waals surface area contributed by atoms with Gasteiger partial charge in [-0.2, -0.15) is 0 Å². The Hall–Kier alpha value is -2.15. The molecule has 0 radical (unpaired) electrons. The van der Waals surface area contributed by atoms with Crippen molar-refractivity contribution < 1.29 is 28.6 Å². The highest BCUT2D eigenvalue weighted by Gasteiger charge is 2.47. The van der Waals surface area contributed by atoms with Gasteiger partial charge in [0.25, 0.3) is 0 Å². The van der Waals surface area contributed by atoms with Crippen LogP contribution in [0.4, 0.5) is 0 Å². The molecule has 24 heavy (non-hydrogen) atoms. The van der Waals surface area contributed by atoms with Gasteiger partial charge in [0, 0.05) is 6.42 Å². The lowest BCUT2D eigenvalue weighted by atomic mass is 10.0. The van der Waals surface area contributed by atoms with Crippen molar-refractivity contribution in [2.45, 2.75) is 25.1 Å². The van der Waals surface area contributed by atoms with Gasteiger partial charge in [-0.25, -0.2) is 0 Å². The van der Waals surface area contributed by atoms with Gasteiger partial charge >= 0.3 is 17.9 Å². The van der Waals surface area contributed by atoms with Crippen molar-refractivity contribution in [3.63, 3.8) is 0 Å². The van der Waals surface area contributed by atoms with Crippen LogP contribution >= 0.6 is 0 Å². The first kappa shape index (κ1) is 19.9. The van der Waals surface area contributed by atoms with Crippen molar-refractivity contribution in [2.24, 2.45) is 5.92 Å². The van der Waals surface area contributed by atoms with Crippen molar-refractivity contribution in [1.82, 2.24) is 0 Å². The normalized spacial score (nSPS) is 12.4. The van der Waals surface area contributed by atoms with Crippen LogP contribution in [0.15, 0.2) is 30.3 Å². The number of methoxy groups -OCH3 is 3. The highest BCUT2D eigenvalue weighted by molar-refractivity contribution is 6.91. The van der Waals surface area contributed by atoms with E-state index in [9.17, 15) is 14.4 Å². The number of ether oxygens (including phenoxy) is 3. The number of hydrogen-bond donors (Lipinski definition) is 0. The Morgan fingerprint density at radius 1 is 0.917 bits per heavy atom. The highest BCUT2D eigenvalue weighted by Crippen LogP contribution is 2.35. The minimum absolute atomic E-state index is 0.0561. The molecule has 0 aliphatic heterocycles. The van der Waals surface area contributed by atoms with E-state index in [1.807, 2.05) is 43.4 Å². The van der Waals surface area contributed by atoms with E-state index in [-0.39, 0.29) is 6.42 Å². The first-order valence-corrected chi connectivity index (χ1v) is 10.6. The smallest absolute Gasteiger partial charge is 0.320 e. The Kier molecular flexibility index (Phi) is 7.15. The quantitative estimate of drug-likeness (QED) is 0.320. The van der Waals surface area contributed by atoms with Crippen LogP contribution in [-0.2, 0) is 28.6 Å². The molecule has 0 aliphatic carbocycles. The summed E-state index contributed by atoms with van der Waals surface area (Å²) in [6, 6.07) is 9.57. The van der Waals surface area contributed by atoms with Gasteiger partial charge in [-0.05, 0) is 5.54 Å². The average Bonchev–Trinajstić information content (AvgIpc) is 2.60. The van der Waals surface area contributed by atoms with E-state index in [0.29, 0.717) is 0 Å². The topological polar surface area (TPSA) is 78.9 Å². The number of carbonyl (C=O) groups is 3. The molecule has 0 aliphatic rings. The fourth-order valence-corrected chi connectivity index (χ4v) is 6.08. The molecule has 0 fully saturated rings. The Morgan fingerprint density at radius 3 is 1.83 bits per heavy atom. The zero-order chi connectivity index (χ0) is 18.3. The molecule has 1 unspecified atom stereocenters. The highest BCUT2D eigenvalue weighted by atomic mass is 28.3. The summed E-state index contributed by atoms with van der Waals surface area (Å²) in [5.41, 5.74) is -0.549. The molecule has 6 nitrogen and oxygen atoms in total. The first-order chi connectivity index (χ1) is 11.3. The van der Waals surface area contributed by atoms with E-state index < -0.39 is 37.4 Å². The standard InChI is InChI=1S/C17H24O6Si/c1-21-14(18)11-13(15(16(19)22-2)17(20)23-3)24(4,5)12-9-7-6-8-10-12/h6-10,13,15H,11H2,1-5H3. The molecule has 0 saturated heterocycles. The number of benzene rings is 1. The summed E-state index contributed by atoms with van der Waals surface area (Å²) in [5, 5.41) is 1.02. The molecule has 0 spiro atoms. The van der Waals surface area contributed by atoms with E-state index in [1.165, 1.54) is 21.3 Å². The summed E-state index contributed by atoms with van der Waals surface area (Å²) in [4.78, 5) is 36.4. The fraction of sp³-hybridized carbons (Fsp3) is 0.471. The number of hydrogen-bond acceptors (Lipinski definition) is 6. The largest absolute Gasteiger partial charge is 0.469 e. The molecule has 0 saturated carbocycles. The minimum atomic E-state index is -2.41. The molecule has 1 aromatic carbocycles. The van der Waals surface area contributed by atoms with Crippen LogP contribution in [0.2, 0.25) is 18.6 Å². The van der Waals surface area contributed by atoms with E-state index in [2.05, 4.69) is 0 Å². The van der Waals surface area contributed by atoms with Gasteiger partial charge in [-0.1, -0.05) is 48.6 Å². The molecule has 132 valence electrons. The van der Waals surface area contributed by atoms with Crippen LogP contribution < -0.4 is 5.19 Å². The monoisotopic (exact) mass is 352 g/mol. The maximum absolute atomic E-state index is 12.2. The minimum Gasteiger partial charge on any atom is -0.469 e. The number of rotatable bonds is 7. The SMILES string of the molecule is COC(=O)CC(C(C(=O)OC)C(=O)OC)[Si](C)(C)c1ccccc1. The van der Waals surface area contributed by atoms with Gasteiger partial charge in [-0.3, -0.25) is 14.4 Å². The van der Waals surface area contributed by atoms with Crippen molar-refractivity contribution in [3.05, 3.63) is 30.3 Å². The number of carbonyl (C=O) groups excluding carboxylic acids is 3. The summed E-state index contributed by atoms with van der Waals surface area (Å²) >= 11 is 0. The van der Waals surface area contributed by atoms with Crippen molar-refractivity contribution in [3.8, 4) is 0 Å². The van der Waals surface area contributed by atoms with Gasteiger partial charge in [0.2, 0.25) is 0 Å². The lowest BCUT2D eigenvalue weighted by Crippen LogP contribution is -2.52. The Bertz CT molecular complexity index is 568. The van der Waals surface area contributed by atoms with Gasteiger partial charge in [-0.15, -0.1) is 0 Å². The molecule has 1 rings (SSSR count). The van der Waals surface area contributed by atoms with Crippen molar-refractivity contribution in [2.75, 3.05) is 21.3 Å². The van der Waals surface area contributed by atoms with Crippen LogP contribution in [0.25, 0.3) is 0 Å². The first-order valence-electron chi connectivity index (χ1n) is 7.57. The third-order valence-corrected chi connectivity index (χ3v) is 8.58. The Morgan fingerprint density at radius 2 is 1.42 bits per heavy atom. The zero-order valence-electron chi connectivity index (χ0n) is 14.7. The molecule has 7 heteroatoms. The maximum Gasteiger partial charge on any atom is 0.320 e. The van der Waals surface area contributed by atoms with Gasteiger partial charge < -0.3 is 14.2 Å². The van der Waals surface area contributed by atoms with Gasteiger partial charge in [0.05, 0.1) is 29.4 Å². The van der Waals surface area contributed by atoms with E-state index in [4.69, 9.17) is 14.2 Å². The lowest BCUT2D eigenvalue weighted by Gasteiger charge is -2.35. The van der Waals surface area contributed by atoms with E-state index in [0.717, 1.165) is 5.19 Å². The molecular formula is C17H24O6Si. The molecule has 0 aromatic heterocycles. The Labute approximate surface area is 143 Å². The van der Waals surface area contributed by atoms with Crippen LogP contribution in [0.3, 0.4) is 0 Å². The van der Waals surface area contributed by atoms with E-state index in [1.54, 1.807) is 0 Å². The second kappa shape index (κ2) is 8.63. The average molecular weight is 352 g/mol. The molecule has 0 amide bonds. The molecule has 1 aromatic rings. The second-order valence-electron chi connectivity index (χ2n) is 6.00. The molecular weight excluding hydrogens is 328 g/mol. The molecule has 0 N–H and O–H groups in total. The maximum atomic E-state index is 12.2. The second-order valence-corrected chi connectivity index (χ2v) is 10.8. The predicted octanol–water partition coefficient (Wildman–Crippen LogP) is 1.50. The van der Waals surface area contributed by atoms with Gasteiger partial charge in [0.15, 0.2) is 5.92 Å². The van der Waals surface area contributed by atoms with E-state index >= 15 is 0 Å². The summed E-state index contributed by atoms with van der Waals surface area (Å²) in [6.07, 6.45) is -0.0561. The molecule has 0 heterocycles. The van der Waals surface area contributed by atoms with Crippen LogP contribution in [0.1, 0.15) is 6.42 Å². The predicted molar refractivity (Wildman–Crippen MR) is 91.5 cm³/mol. The summed E-state index contributed by atoms with van der Waals surface area (Å²) in [7, 11) is 1.29. The third-order valence-electron chi connectivity index (χ3n) is 4.37. The van der Waals surface area contributed by atoms with Crippen LogP contribution in [-0.4, -0.2) is 47.3 Å². The molecule has 0 bridgehead atoms. The number of esters is 3. The zero-order valence-corrected chi connectivity index (χ0v) is 15.7. The Balaban J connectivity index is 3.39. The summed E-state index contributed by atoms with van der Waals surface area (Å²) in [5.74, 6) is -3.05. The van der Waals surface area contributed by atoms with Crippen molar-refractivity contribution >= 4 is 31.2 Å². The molecule has 1 atom stereocenters. The van der Waals surface area contributed by atoms with Crippen LogP contribution in [0.5, 0.6) is 0 Å². The fourth-order valence-electron chi connectivity index (χ4n) is 2.81. The lowest BCUT2D eigenvalue weighted by molar-refractivity contribution is -0.159. The van der Waals surface area contributed by atoms with Crippen molar-refractivity contribution in [1.29, 1.82) is 0 Å².